The molecule has 1 aromatic carbocycles. The maximum atomic E-state index is 13.6. The van der Waals surface area contributed by atoms with E-state index < -0.39 is 15.5 Å². The molecule has 1 aromatic heterocycles. The van der Waals surface area contributed by atoms with E-state index in [9.17, 15) is 9.00 Å². The van der Waals surface area contributed by atoms with Crippen molar-refractivity contribution in [2.75, 3.05) is 19.6 Å². The van der Waals surface area contributed by atoms with Crippen LogP contribution < -0.4 is 0 Å². The number of aromatic nitrogens is 1. The maximum Gasteiger partial charge on any atom is 0.410 e. The van der Waals surface area contributed by atoms with Gasteiger partial charge >= 0.3 is 6.09 Å². The topological polar surface area (TPSA) is 86.6 Å². The Hall–Kier alpha value is -1.90. The summed E-state index contributed by atoms with van der Waals surface area (Å²) in [6.07, 6.45) is 2.80. The monoisotopic (exact) mass is 422 g/mol. The molecule has 0 spiro atoms. The summed E-state index contributed by atoms with van der Waals surface area (Å²) in [7, 11) is -3.26. The summed E-state index contributed by atoms with van der Waals surface area (Å²) in [5.74, 6) is 0.200. The Balaban J connectivity index is 1.59. The van der Waals surface area contributed by atoms with E-state index in [2.05, 4.69) is 4.98 Å². The average molecular weight is 423 g/mol. The molecule has 4 rings (SSSR count). The zero-order valence-electron chi connectivity index (χ0n) is 16.0. The van der Waals surface area contributed by atoms with Crippen molar-refractivity contribution in [1.29, 1.82) is 4.78 Å². The molecule has 2 aliphatic heterocycles. The number of rotatable bonds is 2. The van der Waals surface area contributed by atoms with Crippen LogP contribution in [0.15, 0.2) is 35.5 Å². The van der Waals surface area contributed by atoms with E-state index >= 15 is 0 Å². The normalized spacial score (nSPS) is 24.5. The zero-order chi connectivity index (χ0) is 20.3. The van der Waals surface area contributed by atoms with Crippen molar-refractivity contribution in [3.05, 3.63) is 35.6 Å². The van der Waals surface area contributed by atoms with Crippen LogP contribution in [0, 0.1) is 10.7 Å². The summed E-state index contributed by atoms with van der Waals surface area (Å²) in [5, 5.41) is 1.73. The highest BCUT2D eigenvalue weighted by atomic mass is 35.5. The van der Waals surface area contributed by atoms with Gasteiger partial charge in [-0.1, -0.05) is 23.7 Å². The number of nitrogens with zero attached hydrogens (tertiary/aromatic N) is 3. The number of carbonyl (C=O) groups is 1. The molecule has 2 aromatic rings. The van der Waals surface area contributed by atoms with Gasteiger partial charge in [-0.25, -0.2) is 18.1 Å². The second kappa shape index (κ2) is 6.57. The molecule has 1 N–H and O–H groups in total. The van der Waals surface area contributed by atoms with E-state index in [0.29, 0.717) is 34.9 Å². The predicted molar refractivity (Wildman–Crippen MR) is 108 cm³/mol. The van der Waals surface area contributed by atoms with Crippen LogP contribution in [0.1, 0.15) is 20.8 Å². The van der Waals surface area contributed by atoms with Gasteiger partial charge in [-0.2, -0.15) is 0 Å². The van der Waals surface area contributed by atoms with Crippen LogP contribution >= 0.6 is 11.6 Å². The number of halogens is 1. The SMILES string of the molecule is CC(C)(C)OC(=O)N1C[C@@H]2CN(S(=N)(=O)c3cccc4cncc(Cl)c34)C[C@H]21. The van der Waals surface area contributed by atoms with Crippen molar-refractivity contribution < 1.29 is 13.7 Å². The lowest BCUT2D eigenvalue weighted by atomic mass is 9.93. The van der Waals surface area contributed by atoms with E-state index in [0.717, 1.165) is 5.39 Å². The maximum absolute atomic E-state index is 13.6. The smallest absolute Gasteiger partial charge is 0.410 e. The molecular formula is C19H23ClN4O3S. The minimum Gasteiger partial charge on any atom is -0.444 e. The molecule has 7 nitrogen and oxygen atoms in total. The predicted octanol–water partition coefficient (Wildman–Crippen LogP) is 3.76. The first-order valence-corrected chi connectivity index (χ1v) is 11.0. The van der Waals surface area contributed by atoms with Crippen molar-refractivity contribution in [1.82, 2.24) is 14.2 Å². The third-order valence-electron chi connectivity index (χ3n) is 5.19. The molecule has 0 aliphatic carbocycles. The zero-order valence-corrected chi connectivity index (χ0v) is 17.6. The molecule has 0 radical (unpaired) electrons. The molecule has 28 heavy (non-hydrogen) atoms. The highest BCUT2D eigenvalue weighted by Gasteiger charge is 2.51. The number of pyridine rings is 1. The lowest BCUT2D eigenvalue weighted by Crippen LogP contribution is -2.59. The third kappa shape index (κ3) is 3.23. The van der Waals surface area contributed by atoms with Crippen molar-refractivity contribution in [2.24, 2.45) is 5.92 Å². The Morgan fingerprint density at radius 1 is 1.29 bits per heavy atom. The van der Waals surface area contributed by atoms with E-state index in [-0.39, 0.29) is 18.1 Å². The average Bonchev–Trinajstić information content (AvgIpc) is 2.90. The molecule has 3 atom stereocenters. The van der Waals surface area contributed by atoms with Crippen molar-refractivity contribution in [2.45, 2.75) is 37.3 Å². The molecule has 1 unspecified atom stereocenters. The van der Waals surface area contributed by atoms with Crippen LogP contribution in [0.25, 0.3) is 10.8 Å². The van der Waals surface area contributed by atoms with Gasteiger partial charge in [0.05, 0.1) is 16.0 Å². The summed E-state index contributed by atoms with van der Waals surface area (Å²) in [6, 6.07) is 5.22. The highest BCUT2D eigenvalue weighted by molar-refractivity contribution is 7.90. The van der Waals surface area contributed by atoms with E-state index in [4.69, 9.17) is 21.1 Å². The van der Waals surface area contributed by atoms with Gasteiger partial charge in [0.15, 0.2) is 0 Å². The van der Waals surface area contributed by atoms with Crippen LogP contribution in [0.2, 0.25) is 5.02 Å². The minimum atomic E-state index is -3.26. The molecule has 2 fully saturated rings. The molecule has 2 aliphatic rings. The van der Waals surface area contributed by atoms with E-state index in [1.807, 2.05) is 26.8 Å². The fourth-order valence-electron chi connectivity index (χ4n) is 3.87. The third-order valence-corrected chi connectivity index (χ3v) is 7.44. The van der Waals surface area contributed by atoms with Gasteiger partial charge in [-0.05, 0) is 26.8 Å². The van der Waals surface area contributed by atoms with Gasteiger partial charge in [0, 0.05) is 48.7 Å². The number of fused-ring (bicyclic) bond motifs is 2. The number of hydrogen-bond donors (Lipinski definition) is 1. The molecule has 0 saturated carbocycles. The summed E-state index contributed by atoms with van der Waals surface area (Å²) in [5.41, 5.74) is -0.558. The number of carbonyl (C=O) groups excluding carboxylic acids is 1. The summed E-state index contributed by atoms with van der Waals surface area (Å²) >= 11 is 6.31. The number of ether oxygens (including phenoxy) is 1. The van der Waals surface area contributed by atoms with Gasteiger partial charge < -0.3 is 9.64 Å². The van der Waals surface area contributed by atoms with E-state index in [1.165, 1.54) is 6.20 Å². The Kier molecular flexibility index (Phi) is 4.56. The van der Waals surface area contributed by atoms with Crippen LogP contribution in [0.4, 0.5) is 4.79 Å². The first-order valence-electron chi connectivity index (χ1n) is 9.14. The van der Waals surface area contributed by atoms with Gasteiger partial charge in [-0.15, -0.1) is 0 Å². The van der Waals surface area contributed by atoms with Crippen molar-refractivity contribution in [3.8, 4) is 0 Å². The number of amides is 1. The van der Waals surface area contributed by atoms with Crippen LogP contribution in [-0.2, 0) is 14.7 Å². The van der Waals surface area contributed by atoms with Crippen LogP contribution in [0.5, 0.6) is 0 Å². The van der Waals surface area contributed by atoms with E-state index in [1.54, 1.807) is 27.5 Å². The summed E-state index contributed by atoms with van der Waals surface area (Å²) < 4.78 is 29.4. The lowest BCUT2D eigenvalue weighted by Gasteiger charge is -2.43. The standard InChI is InChI=1S/C19H23ClN4O3S/c1-19(2,3)27-18(25)24-10-13-9-23(11-15(13)24)28(21,26)16-6-4-5-12-7-22-8-14(20)17(12)16/h4-8,13,15,21H,9-11H2,1-3H3/t13-,15+,28?/m0/s1. The Labute approximate surface area is 169 Å². The quantitative estimate of drug-likeness (QED) is 0.798. The van der Waals surface area contributed by atoms with Crippen LogP contribution in [-0.4, -0.2) is 55.8 Å². The first kappa shape index (κ1) is 19.4. The van der Waals surface area contributed by atoms with Gasteiger partial charge in [0.2, 0.25) is 0 Å². The molecule has 3 heterocycles. The second-order valence-electron chi connectivity index (χ2n) is 8.31. The van der Waals surface area contributed by atoms with Crippen molar-refractivity contribution in [3.63, 3.8) is 0 Å². The lowest BCUT2D eigenvalue weighted by molar-refractivity contribution is -0.0164. The minimum absolute atomic E-state index is 0.0758. The van der Waals surface area contributed by atoms with Crippen LogP contribution in [0.3, 0.4) is 0 Å². The van der Waals surface area contributed by atoms with Gasteiger partial charge in [-0.3, -0.25) is 4.98 Å². The number of likely N-dealkylation sites (tertiary alicyclic amines) is 1. The second-order valence-corrected chi connectivity index (χ2v) is 10.7. The molecule has 0 bridgehead atoms. The summed E-state index contributed by atoms with van der Waals surface area (Å²) in [4.78, 5) is 18.5. The number of nitrogens with one attached hydrogen (secondary N) is 1. The largest absolute Gasteiger partial charge is 0.444 e. The number of benzene rings is 1. The van der Waals surface area contributed by atoms with Crippen molar-refractivity contribution >= 4 is 38.4 Å². The van der Waals surface area contributed by atoms with Gasteiger partial charge in [0.25, 0.3) is 0 Å². The molecule has 9 heteroatoms. The summed E-state index contributed by atoms with van der Waals surface area (Å²) in [6.45, 7) is 6.94. The Morgan fingerprint density at radius 3 is 2.75 bits per heavy atom. The highest BCUT2D eigenvalue weighted by Crippen LogP contribution is 2.38. The molecule has 1 amide bonds. The Bertz CT molecular complexity index is 1050. The fraction of sp³-hybridized carbons (Fsp3) is 0.474. The number of hydrogen-bond acceptors (Lipinski definition) is 5. The fourth-order valence-corrected chi connectivity index (χ4v) is 6.00. The molecular weight excluding hydrogens is 400 g/mol. The Morgan fingerprint density at radius 2 is 2.04 bits per heavy atom. The first-order chi connectivity index (χ1) is 13.1. The van der Waals surface area contributed by atoms with Gasteiger partial charge in [0.1, 0.15) is 15.5 Å². The molecule has 2 saturated heterocycles. The molecule has 150 valence electrons.